The average Bonchev–Trinajstić information content (AvgIpc) is 2.53. The van der Waals surface area contributed by atoms with E-state index in [4.69, 9.17) is 15.9 Å². The van der Waals surface area contributed by atoms with Crippen LogP contribution >= 0.6 is 0 Å². The molecule has 0 aromatic heterocycles. The fourth-order valence-corrected chi connectivity index (χ4v) is 2.49. The maximum Gasteiger partial charge on any atom is 0.309 e. The molecule has 5 heteroatoms. The van der Waals surface area contributed by atoms with Gasteiger partial charge in [0.1, 0.15) is 5.60 Å². The largest absolute Gasteiger partial charge is 0.466 e. The van der Waals surface area contributed by atoms with Gasteiger partial charge < -0.3 is 19.5 Å². The lowest BCUT2D eigenvalue weighted by Gasteiger charge is -2.32. The van der Waals surface area contributed by atoms with Crippen LogP contribution < -0.4 is 0 Å². The van der Waals surface area contributed by atoms with Crippen LogP contribution in [0.1, 0.15) is 40.0 Å². The SMILES string of the molecule is C#C[C@@](C)(CC)OC[C@H](O)CN1CCC(C(=O)OCC)CC1. The zero-order valence-corrected chi connectivity index (χ0v) is 14.0. The van der Waals surface area contributed by atoms with Crippen LogP contribution in [0.2, 0.25) is 0 Å². The lowest BCUT2D eigenvalue weighted by atomic mass is 9.97. The van der Waals surface area contributed by atoms with Gasteiger partial charge in [0, 0.05) is 6.54 Å². The van der Waals surface area contributed by atoms with E-state index < -0.39 is 11.7 Å². The summed E-state index contributed by atoms with van der Waals surface area (Å²) in [5, 5.41) is 10.1. The molecule has 0 spiro atoms. The van der Waals surface area contributed by atoms with Crippen molar-refractivity contribution in [2.75, 3.05) is 32.8 Å². The molecule has 0 unspecified atom stereocenters. The summed E-state index contributed by atoms with van der Waals surface area (Å²) in [6.45, 7) is 8.43. The van der Waals surface area contributed by atoms with Crippen LogP contribution in [-0.2, 0) is 14.3 Å². The Bertz CT molecular complexity index is 385. The molecule has 0 aliphatic carbocycles. The van der Waals surface area contributed by atoms with Gasteiger partial charge in [-0.25, -0.2) is 0 Å². The van der Waals surface area contributed by atoms with Crippen LogP contribution in [0, 0.1) is 18.3 Å². The first-order valence-corrected chi connectivity index (χ1v) is 8.12. The quantitative estimate of drug-likeness (QED) is 0.543. The van der Waals surface area contributed by atoms with Crippen molar-refractivity contribution in [2.45, 2.75) is 51.7 Å². The number of β-amino-alcohol motifs (C(OH)–C–C–N with tert-alkyl or cyclic N) is 1. The standard InChI is InChI=1S/C17H29NO4/c1-5-17(4,6-2)22-13-15(19)12-18-10-8-14(9-11-18)16(20)21-7-3/h1,14-15,19H,6-13H2,2-4H3/t15-,17+/m1/s1. The normalized spacial score (nSPS) is 20.9. The van der Waals surface area contributed by atoms with Crippen LogP contribution in [0.25, 0.3) is 0 Å². The number of likely N-dealkylation sites (tertiary alicyclic amines) is 1. The summed E-state index contributed by atoms with van der Waals surface area (Å²) in [6, 6.07) is 0. The lowest BCUT2D eigenvalue weighted by Crippen LogP contribution is -2.43. The van der Waals surface area contributed by atoms with Gasteiger partial charge in [-0.3, -0.25) is 4.79 Å². The van der Waals surface area contributed by atoms with E-state index in [0.29, 0.717) is 19.6 Å². The number of carbonyl (C=O) groups excluding carboxylic acids is 1. The predicted molar refractivity (Wildman–Crippen MR) is 85.3 cm³/mol. The maximum absolute atomic E-state index is 11.7. The number of piperidine rings is 1. The highest BCUT2D eigenvalue weighted by Gasteiger charge is 2.27. The topological polar surface area (TPSA) is 59.0 Å². The molecule has 1 aliphatic rings. The van der Waals surface area contributed by atoms with Crippen molar-refractivity contribution >= 4 is 5.97 Å². The summed E-state index contributed by atoms with van der Waals surface area (Å²) in [4.78, 5) is 13.8. The van der Waals surface area contributed by atoms with Gasteiger partial charge >= 0.3 is 5.97 Å². The summed E-state index contributed by atoms with van der Waals surface area (Å²) in [6.07, 6.45) is 7.15. The van der Waals surface area contributed by atoms with Gasteiger partial charge in [-0.05, 0) is 46.2 Å². The minimum absolute atomic E-state index is 0.00517. The van der Waals surface area contributed by atoms with Crippen LogP contribution in [0.3, 0.4) is 0 Å². The Morgan fingerprint density at radius 2 is 2.09 bits per heavy atom. The third kappa shape index (κ3) is 5.96. The second kappa shape index (κ2) is 9.14. The second-order valence-electron chi connectivity index (χ2n) is 6.02. The first-order valence-electron chi connectivity index (χ1n) is 8.12. The molecule has 1 saturated heterocycles. The molecule has 0 aromatic rings. The Morgan fingerprint density at radius 3 is 2.59 bits per heavy atom. The van der Waals surface area contributed by atoms with Crippen molar-refractivity contribution in [2.24, 2.45) is 5.92 Å². The highest BCUT2D eigenvalue weighted by atomic mass is 16.5. The van der Waals surface area contributed by atoms with Gasteiger partial charge in [-0.15, -0.1) is 6.42 Å². The Labute approximate surface area is 134 Å². The van der Waals surface area contributed by atoms with Gasteiger partial charge in [-0.2, -0.15) is 0 Å². The molecule has 0 bridgehead atoms. The van der Waals surface area contributed by atoms with E-state index in [1.807, 2.05) is 20.8 Å². The molecule has 1 rings (SSSR count). The number of hydrogen-bond acceptors (Lipinski definition) is 5. The zero-order valence-electron chi connectivity index (χ0n) is 14.0. The third-order valence-electron chi connectivity index (χ3n) is 4.25. The number of ether oxygens (including phenoxy) is 2. The van der Waals surface area contributed by atoms with E-state index >= 15 is 0 Å². The molecule has 0 saturated carbocycles. The first kappa shape index (κ1) is 19.0. The predicted octanol–water partition coefficient (Wildman–Crippen LogP) is 1.44. The summed E-state index contributed by atoms with van der Waals surface area (Å²) < 4.78 is 10.7. The summed E-state index contributed by atoms with van der Waals surface area (Å²) in [5.41, 5.74) is -0.613. The second-order valence-corrected chi connectivity index (χ2v) is 6.02. The molecule has 1 N–H and O–H groups in total. The van der Waals surface area contributed by atoms with Crippen molar-refractivity contribution in [3.63, 3.8) is 0 Å². The Morgan fingerprint density at radius 1 is 1.45 bits per heavy atom. The summed E-state index contributed by atoms with van der Waals surface area (Å²) in [5.74, 6) is 2.52. The molecular formula is C17H29NO4. The molecule has 1 heterocycles. The van der Waals surface area contributed by atoms with E-state index in [-0.39, 0.29) is 18.5 Å². The van der Waals surface area contributed by atoms with Gasteiger partial charge in [0.05, 0.1) is 25.2 Å². The molecule has 2 atom stereocenters. The van der Waals surface area contributed by atoms with Crippen molar-refractivity contribution in [1.82, 2.24) is 4.90 Å². The molecule has 0 amide bonds. The number of hydrogen-bond donors (Lipinski definition) is 1. The fourth-order valence-electron chi connectivity index (χ4n) is 2.49. The molecule has 0 aromatic carbocycles. The molecule has 1 fully saturated rings. The molecule has 22 heavy (non-hydrogen) atoms. The summed E-state index contributed by atoms with van der Waals surface area (Å²) in [7, 11) is 0. The number of aliphatic hydroxyl groups excluding tert-OH is 1. The number of carbonyl (C=O) groups is 1. The Hall–Kier alpha value is -1.09. The molecule has 5 nitrogen and oxygen atoms in total. The molecule has 0 radical (unpaired) electrons. The van der Waals surface area contributed by atoms with Crippen molar-refractivity contribution < 1.29 is 19.4 Å². The first-order chi connectivity index (χ1) is 10.4. The Kier molecular flexibility index (Phi) is 7.88. The monoisotopic (exact) mass is 311 g/mol. The van der Waals surface area contributed by atoms with Gasteiger partial charge in [0.25, 0.3) is 0 Å². The zero-order chi connectivity index (χ0) is 16.6. The van der Waals surface area contributed by atoms with E-state index in [1.165, 1.54) is 0 Å². The van der Waals surface area contributed by atoms with Crippen LogP contribution in [0.5, 0.6) is 0 Å². The number of esters is 1. The van der Waals surface area contributed by atoms with E-state index in [2.05, 4.69) is 10.8 Å². The number of aliphatic hydroxyl groups is 1. The minimum atomic E-state index is -0.613. The van der Waals surface area contributed by atoms with Gasteiger partial charge in [-0.1, -0.05) is 12.8 Å². The number of nitrogens with zero attached hydrogens (tertiary/aromatic N) is 1. The van der Waals surface area contributed by atoms with Crippen LogP contribution in [0.4, 0.5) is 0 Å². The molecular weight excluding hydrogens is 282 g/mol. The fraction of sp³-hybridized carbons (Fsp3) is 0.824. The van der Waals surface area contributed by atoms with Crippen LogP contribution in [0.15, 0.2) is 0 Å². The highest BCUT2D eigenvalue weighted by molar-refractivity contribution is 5.72. The number of terminal acetylenes is 1. The van der Waals surface area contributed by atoms with Crippen molar-refractivity contribution in [1.29, 1.82) is 0 Å². The van der Waals surface area contributed by atoms with Gasteiger partial charge in [0.15, 0.2) is 0 Å². The third-order valence-corrected chi connectivity index (χ3v) is 4.25. The highest BCUT2D eigenvalue weighted by Crippen LogP contribution is 2.19. The average molecular weight is 311 g/mol. The minimum Gasteiger partial charge on any atom is -0.466 e. The maximum atomic E-state index is 11.7. The van der Waals surface area contributed by atoms with Crippen LogP contribution in [-0.4, -0.2) is 60.5 Å². The smallest absolute Gasteiger partial charge is 0.309 e. The Balaban J connectivity index is 2.29. The van der Waals surface area contributed by atoms with Gasteiger partial charge in [0.2, 0.25) is 0 Å². The summed E-state index contributed by atoms with van der Waals surface area (Å²) >= 11 is 0. The van der Waals surface area contributed by atoms with E-state index in [0.717, 1.165) is 25.9 Å². The lowest BCUT2D eigenvalue weighted by molar-refractivity contribution is -0.149. The molecule has 126 valence electrons. The van der Waals surface area contributed by atoms with E-state index in [1.54, 1.807) is 0 Å². The van der Waals surface area contributed by atoms with E-state index in [9.17, 15) is 9.90 Å². The van der Waals surface area contributed by atoms with Crippen molar-refractivity contribution in [3.8, 4) is 12.3 Å². The number of rotatable bonds is 8. The van der Waals surface area contributed by atoms with Crippen molar-refractivity contribution in [3.05, 3.63) is 0 Å². The molecule has 1 aliphatic heterocycles.